The lowest BCUT2D eigenvalue weighted by Gasteiger charge is -2.13. The van der Waals surface area contributed by atoms with Crippen LogP contribution in [0.5, 0.6) is 5.75 Å². The summed E-state index contributed by atoms with van der Waals surface area (Å²) in [6, 6.07) is 13.0. The number of aryl methyl sites for hydroxylation is 1. The zero-order chi connectivity index (χ0) is 20.5. The van der Waals surface area contributed by atoms with Gasteiger partial charge in [-0.05, 0) is 54.7 Å². The van der Waals surface area contributed by atoms with Gasteiger partial charge in [0.05, 0.1) is 6.61 Å². The van der Waals surface area contributed by atoms with Crippen LogP contribution in [-0.2, 0) is 14.3 Å². The van der Waals surface area contributed by atoms with Crippen molar-refractivity contribution in [2.24, 2.45) is 0 Å². The zero-order valence-corrected chi connectivity index (χ0v) is 17.2. The molecule has 0 saturated carbocycles. The summed E-state index contributed by atoms with van der Waals surface area (Å²) in [6.45, 7) is 6.08. The van der Waals surface area contributed by atoms with Crippen LogP contribution >= 0.6 is 11.6 Å². The van der Waals surface area contributed by atoms with Crippen molar-refractivity contribution in [2.75, 3.05) is 18.5 Å². The van der Waals surface area contributed by atoms with E-state index in [2.05, 4.69) is 19.2 Å². The molecule has 0 heterocycles. The molecule has 0 unspecified atom stereocenters. The van der Waals surface area contributed by atoms with Crippen molar-refractivity contribution in [1.82, 2.24) is 0 Å². The monoisotopic (exact) mass is 403 g/mol. The van der Waals surface area contributed by atoms with Crippen LogP contribution in [0.1, 0.15) is 43.7 Å². The zero-order valence-electron chi connectivity index (χ0n) is 16.5. The molecule has 0 bridgehead atoms. The number of hydrogen-bond donors (Lipinski definition) is 1. The highest BCUT2D eigenvalue weighted by molar-refractivity contribution is 6.31. The molecule has 0 aliphatic heterocycles. The molecule has 2 aromatic carbocycles. The van der Waals surface area contributed by atoms with Gasteiger partial charge in [0.15, 0.2) is 6.61 Å². The average molecular weight is 404 g/mol. The minimum Gasteiger partial charge on any atom is -0.494 e. The van der Waals surface area contributed by atoms with Gasteiger partial charge in [0, 0.05) is 17.1 Å². The minimum atomic E-state index is -0.428. The van der Waals surface area contributed by atoms with E-state index >= 15 is 0 Å². The predicted molar refractivity (Wildman–Crippen MR) is 111 cm³/mol. The average Bonchev–Trinajstić information content (AvgIpc) is 2.66. The molecule has 2 rings (SSSR count). The van der Waals surface area contributed by atoms with E-state index in [1.165, 1.54) is 0 Å². The van der Waals surface area contributed by atoms with Crippen LogP contribution in [0.15, 0.2) is 42.5 Å². The Kier molecular flexibility index (Phi) is 8.33. The van der Waals surface area contributed by atoms with Crippen LogP contribution in [0.3, 0.4) is 0 Å². The number of halogens is 1. The fraction of sp³-hybridized carbons (Fsp3) is 0.364. The number of carbonyl (C=O) groups is 2. The van der Waals surface area contributed by atoms with Crippen LogP contribution in [0.2, 0.25) is 5.02 Å². The third kappa shape index (κ3) is 6.89. The molecule has 1 N–H and O–H groups in total. The molecule has 5 nitrogen and oxygen atoms in total. The van der Waals surface area contributed by atoms with E-state index in [0.717, 1.165) is 16.8 Å². The molecular formula is C22H26ClNO4. The summed E-state index contributed by atoms with van der Waals surface area (Å²) in [5.74, 6) is 0.208. The molecule has 0 radical (unpaired) electrons. The van der Waals surface area contributed by atoms with E-state index in [1.54, 1.807) is 12.1 Å². The maximum absolute atomic E-state index is 12.0. The van der Waals surface area contributed by atoms with Gasteiger partial charge in [-0.25, -0.2) is 0 Å². The van der Waals surface area contributed by atoms with Crippen LogP contribution in [0.4, 0.5) is 5.69 Å². The Bertz CT molecular complexity index is 820. The maximum Gasteiger partial charge on any atom is 0.306 e. The van der Waals surface area contributed by atoms with Gasteiger partial charge in [-0.3, -0.25) is 9.59 Å². The summed E-state index contributed by atoms with van der Waals surface area (Å²) >= 11 is 5.97. The fourth-order valence-electron chi connectivity index (χ4n) is 2.63. The first-order valence-corrected chi connectivity index (χ1v) is 9.68. The van der Waals surface area contributed by atoms with E-state index in [4.69, 9.17) is 21.1 Å². The number of amides is 1. The van der Waals surface area contributed by atoms with E-state index in [9.17, 15) is 9.59 Å². The lowest BCUT2D eigenvalue weighted by molar-refractivity contribution is -0.147. The van der Waals surface area contributed by atoms with Crippen molar-refractivity contribution < 1.29 is 19.1 Å². The Morgan fingerprint density at radius 1 is 1.14 bits per heavy atom. The lowest BCUT2D eigenvalue weighted by Crippen LogP contribution is -2.21. The van der Waals surface area contributed by atoms with E-state index in [1.807, 2.05) is 37.3 Å². The van der Waals surface area contributed by atoms with Crippen molar-refractivity contribution in [3.63, 3.8) is 0 Å². The molecule has 6 heteroatoms. The number of ether oxygens (including phenoxy) is 2. The Hall–Kier alpha value is -2.53. The normalized spacial score (nSPS) is 10.6. The third-order valence-corrected chi connectivity index (χ3v) is 4.57. The van der Waals surface area contributed by atoms with Gasteiger partial charge in [0.2, 0.25) is 0 Å². The molecule has 0 fully saturated rings. The van der Waals surface area contributed by atoms with Gasteiger partial charge < -0.3 is 14.8 Å². The summed E-state index contributed by atoms with van der Waals surface area (Å²) in [7, 11) is 0. The van der Waals surface area contributed by atoms with Crippen LogP contribution in [0.25, 0.3) is 0 Å². The second-order valence-corrected chi connectivity index (χ2v) is 7.22. The maximum atomic E-state index is 12.0. The molecule has 0 aliphatic carbocycles. The standard InChI is InChI=1S/C22H26ClNO4/c1-15(2)18-7-4-5-8-20(18)24-21(25)14-28-22(26)9-6-12-27-17-10-11-19(23)16(3)13-17/h4-5,7-8,10-11,13,15H,6,9,12,14H2,1-3H3,(H,24,25). The number of anilines is 1. The number of rotatable bonds is 9. The van der Waals surface area contributed by atoms with Crippen molar-refractivity contribution in [3.8, 4) is 5.75 Å². The number of benzene rings is 2. The second kappa shape index (κ2) is 10.7. The molecule has 0 saturated heterocycles. The van der Waals surface area contributed by atoms with Crippen molar-refractivity contribution in [1.29, 1.82) is 0 Å². The predicted octanol–water partition coefficient (Wildman–Crippen LogP) is 5.11. The molecule has 0 aliphatic rings. The largest absolute Gasteiger partial charge is 0.494 e. The smallest absolute Gasteiger partial charge is 0.306 e. The molecule has 2 aromatic rings. The lowest BCUT2D eigenvalue weighted by atomic mass is 10.0. The van der Waals surface area contributed by atoms with Gasteiger partial charge >= 0.3 is 5.97 Å². The highest BCUT2D eigenvalue weighted by Crippen LogP contribution is 2.23. The van der Waals surface area contributed by atoms with Gasteiger partial charge in [-0.1, -0.05) is 43.6 Å². The van der Waals surface area contributed by atoms with Gasteiger partial charge in [-0.2, -0.15) is 0 Å². The number of para-hydroxylation sites is 1. The number of nitrogens with one attached hydrogen (secondary N) is 1. The summed E-state index contributed by atoms with van der Waals surface area (Å²) in [4.78, 5) is 23.9. The second-order valence-electron chi connectivity index (χ2n) is 6.81. The van der Waals surface area contributed by atoms with Crippen LogP contribution < -0.4 is 10.1 Å². The van der Waals surface area contributed by atoms with E-state index in [0.29, 0.717) is 23.8 Å². The Morgan fingerprint density at radius 3 is 2.61 bits per heavy atom. The molecule has 150 valence electrons. The fourth-order valence-corrected chi connectivity index (χ4v) is 2.75. The number of hydrogen-bond acceptors (Lipinski definition) is 4. The molecule has 0 aromatic heterocycles. The van der Waals surface area contributed by atoms with Gasteiger partial charge in [0.25, 0.3) is 5.91 Å². The van der Waals surface area contributed by atoms with Crippen molar-refractivity contribution in [3.05, 3.63) is 58.6 Å². The molecule has 0 spiro atoms. The van der Waals surface area contributed by atoms with Crippen molar-refractivity contribution >= 4 is 29.2 Å². The van der Waals surface area contributed by atoms with Crippen LogP contribution in [-0.4, -0.2) is 25.1 Å². The highest BCUT2D eigenvalue weighted by atomic mass is 35.5. The summed E-state index contributed by atoms with van der Waals surface area (Å²) in [5.41, 5.74) is 2.71. The van der Waals surface area contributed by atoms with E-state index < -0.39 is 5.97 Å². The van der Waals surface area contributed by atoms with Crippen molar-refractivity contribution in [2.45, 2.75) is 39.5 Å². The SMILES string of the molecule is Cc1cc(OCCCC(=O)OCC(=O)Nc2ccccc2C(C)C)ccc1Cl. The summed E-state index contributed by atoms with van der Waals surface area (Å²) < 4.78 is 10.6. The Morgan fingerprint density at radius 2 is 1.89 bits per heavy atom. The highest BCUT2D eigenvalue weighted by Gasteiger charge is 2.11. The molecular weight excluding hydrogens is 378 g/mol. The van der Waals surface area contributed by atoms with Crippen LogP contribution in [0, 0.1) is 6.92 Å². The van der Waals surface area contributed by atoms with E-state index in [-0.39, 0.29) is 24.9 Å². The van der Waals surface area contributed by atoms with Gasteiger partial charge in [-0.15, -0.1) is 0 Å². The summed E-state index contributed by atoms with van der Waals surface area (Å²) in [6.07, 6.45) is 0.681. The first-order valence-electron chi connectivity index (χ1n) is 9.30. The summed E-state index contributed by atoms with van der Waals surface area (Å²) in [5, 5.41) is 3.48. The number of carbonyl (C=O) groups excluding carboxylic acids is 2. The Balaban J connectivity index is 1.68. The molecule has 0 atom stereocenters. The first-order chi connectivity index (χ1) is 13.4. The molecule has 28 heavy (non-hydrogen) atoms. The van der Waals surface area contributed by atoms with Gasteiger partial charge in [0.1, 0.15) is 5.75 Å². The minimum absolute atomic E-state index is 0.183. The molecule has 1 amide bonds. The first kappa shape index (κ1) is 21.8. The third-order valence-electron chi connectivity index (χ3n) is 4.14. The topological polar surface area (TPSA) is 64.6 Å². The number of esters is 1. The Labute approximate surface area is 171 Å². The quantitative estimate of drug-likeness (QED) is 0.466.